The van der Waals surface area contributed by atoms with E-state index in [1.807, 2.05) is 18.2 Å². The summed E-state index contributed by atoms with van der Waals surface area (Å²) in [6, 6.07) is 5.56. The van der Waals surface area contributed by atoms with Crippen LogP contribution in [0.1, 0.15) is 23.3 Å². The molecule has 1 fully saturated rings. The monoisotopic (exact) mass is 348 g/mol. The smallest absolute Gasteiger partial charge is 0.355 e. The van der Waals surface area contributed by atoms with Crippen LogP contribution in [-0.4, -0.2) is 54.3 Å². The Hall–Kier alpha value is -2.12. The van der Waals surface area contributed by atoms with Crippen LogP contribution < -0.4 is 9.47 Å². The Morgan fingerprint density at radius 1 is 1.38 bits per heavy atom. The molecule has 0 bridgehead atoms. The number of para-hydroxylation sites is 1. The number of benzene rings is 1. The van der Waals surface area contributed by atoms with Crippen molar-refractivity contribution in [3.8, 4) is 22.1 Å². The maximum atomic E-state index is 11.1. The van der Waals surface area contributed by atoms with E-state index in [-0.39, 0.29) is 5.69 Å². The van der Waals surface area contributed by atoms with Crippen LogP contribution in [0.4, 0.5) is 0 Å². The Balaban J connectivity index is 1.80. The Bertz CT molecular complexity index is 710. The summed E-state index contributed by atoms with van der Waals surface area (Å²) in [7, 11) is 1.59. The maximum absolute atomic E-state index is 11.1. The van der Waals surface area contributed by atoms with Gasteiger partial charge in [0.05, 0.1) is 12.7 Å². The maximum Gasteiger partial charge on any atom is 0.355 e. The van der Waals surface area contributed by atoms with Crippen LogP contribution in [-0.2, 0) is 0 Å². The molecule has 0 amide bonds. The van der Waals surface area contributed by atoms with Gasteiger partial charge >= 0.3 is 5.97 Å². The van der Waals surface area contributed by atoms with E-state index in [9.17, 15) is 4.79 Å². The van der Waals surface area contributed by atoms with E-state index in [0.717, 1.165) is 25.2 Å². The fourth-order valence-electron chi connectivity index (χ4n) is 2.77. The van der Waals surface area contributed by atoms with E-state index in [1.54, 1.807) is 7.11 Å². The molecule has 0 aliphatic carbocycles. The van der Waals surface area contributed by atoms with Gasteiger partial charge < -0.3 is 14.6 Å². The topological polar surface area (TPSA) is 71.9 Å². The Labute approximate surface area is 144 Å². The zero-order valence-corrected chi connectivity index (χ0v) is 14.3. The summed E-state index contributed by atoms with van der Waals surface area (Å²) in [6.45, 7) is 3.67. The van der Waals surface area contributed by atoms with Crippen LogP contribution in [0.3, 0.4) is 0 Å². The number of carboxylic acids is 1. The minimum atomic E-state index is -1.03. The summed E-state index contributed by atoms with van der Waals surface area (Å²) in [5.41, 5.74) is 0.800. The first-order valence-corrected chi connectivity index (χ1v) is 8.78. The Morgan fingerprint density at radius 3 is 2.83 bits per heavy atom. The average Bonchev–Trinajstić information content (AvgIpc) is 3.26. The largest absolute Gasteiger partial charge is 0.493 e. The molecule has 128 valence electrons. The van der Waals surface area contributed by atoms with E-state index < -0.39 is 5.97 Å². The molecule has 7 heteroatoms. The van der Waals surface area contributed by atoms with E-state index in [2.05, 4.69) is 9.88 Å². The summed E-state index contributed by atoms with van der Waals surface area (Å²) in [6.07, 6.45) is 2.49. The molecule has 2 aromatic rings. The van der Waals surface area contributed by atoms with Gasteiger partial charge in [-0.25, -0.2) is 9.78 Å². The van der Waals surface area contributed by atoms with E-state index in [1.165, 1.54) is 29.6 Å². The zero-order valence-electron chi connectivity index (χ0n) is 13.5. The number of hydrogen-bond donors (Lipinski definition) is 1. The molecule has 0 spiro atoms. The van der Waals surface area contributed by atoms with Crippen LogP contribution in [0.2, 0.25) is 0 Å². The number of thiazole rings is 1. The first-order chi connectivity index (χ1) is 11.7. The summed E-state index contributed by atoms with van der Waals surface area (Å²) in [5, 5.41) is 11.2. The van der Waals surface area contributed by atoms with Crippen molar-refractivity contribution in [2.24, 2.45) is 0 Å². The van der Waals surface area contributed by atoms with Gasteiger partial charge in [0.25, 0.3) is 0 Å². The predicted octanol–water partition coefficient (Wildman–Crippen LogP) is 2.99. The SMILES string of the molecule is COc1cccc(-c2nc(C(=O)O)cs2)c1OCCN1CCCC1. The number of carbonyl (C=O) groups is 1. The molecular formula is C17H20N2O4S. The van der Waals surface area contributed by atoms with Gasteiger partial charge in [-0.15, -0.1) is 11.3 Å². The third-order valence-corrected chi connectivity index (χ3v) is 4.88. The number of aromatic carboxylic acids is 1. The molecule has 1 N–H and O–H groups in total. The molecule has 24 heavy (non-hydrogen) atoms. The van der Waals surface area contributed by atoms with Crippen molar-refractivity contribution in [3.05, 3.63) is 29.3 Å². The highest BCUT2D eigenvalue weighted by Crippen LogP contribution is 2.39. The highest BCUT2D eigenvalue weighted by molar-refractivity contribution is 7.13. The lowest BCUT2D eigenvalue weighted by molar-refractivity contribution is 0.0691. The van der Waals surface area contributed by atoms with Gasteiger partial charge in [-0.2, -0.15) is 0 Å². The standard InChI is InChI=1S/C17H20N2O4S/c1-22-14-6-4-5-12(16-18-13(11-24-16)17(20)21)15(14)23-10-9-19-7-2-3-8-19/h4-6,11H,2-3,7-10H2,1H3,(H,20,21). The van der Waals surface area contributed by atoms with Gasteiger partial charge in [0, 0.05) is 11.9 Å². The van der Waals surface area contributed by atoms with Crippen molar-refractivity contribution in [1.82, 2.24) is 9.88 Å². The first-order valence-electron chi connectivity index (χ1n) is 7.90. The highest BCUT2D eigenvalue weighted by Gasteiger charge is 2.18. The summed E-state index contributed by atoms with van der Waals surface area (Å²) >= 11 is 1.29. The Kier molecular flexibility index (Phi) is 5.32. The second-order valence-electron chi connectivity index (χ2n) is 5.58. The third kappa shape index (κ3) is 3.68. The fourth-order valence-corrected chi connectivity index (χ4v) is 3.59. The number of nitrogens with zero attached hydrogens (tertiary/aromatic N) is 2. The number of rotatable bonds is 7. The molecular weight excluding hydrogens is 328 g/mol. The number of likely N-dealkylation sites (tertiary alicyclic amines) is 1. The number of methoxy groups -OCH3 is 1. The summed E-state index contributed by atoms with van der Waals surface area (Å²) in [5.74, 6) is 0.211. The number of hydrogen-bond acceptors (Lipinski definition) is 6. The minimum Gasteiger partial charge on any atom is -0.493 e. The van der Waals surface area contributed by atoms with Crippen molar-refractivity contribution in [2.45, 2.75) is 12.8 Å². The predicted molar refractivity (Wildman–Crippen MR) is 92.2 cm³/mol. The lowest BCUT2D eigenvalue weighted by Gasteiger charge is -2.17. The molecule has 1 aromatic heterocycles. The molecule has 2 heterocycles. The second kappa shape index (κ2) is 7.63. The van der Waals surface area contributed by atoms with E-state index in [0.29, 0.717) is 23.1 Å². The molecule has 1 aromatic carbocycles. The molecule has 1 aliphatic rings. The van der Waals surface area contributed by atoms with Crippen molar-refractivity contribution in [2.75, 3.05) is 33.4 Å². The molecule has 1 aliphatic heterocycles. The van der Waals surface area contributed by atoms with Crippen LogP contribution >= 0.6 is 11.3 Å². The molecule has 0 atom stereocenters. The van der Waals surface area contributed by atoms with Crippen molar-refractivity contribution in [3.63, 3.8) is 0 Å². The molecule has 0 unspecified atom stereocenters. The van der Waals surface area contributed by atoms with E-state index >= 15 is 0 Å². The molecule has 0 saturated carbocycles. The number of carboxylic acid groups (broad SMARTS) is 1. The lowest BCUT2D eigenvalue weighted by atomic mass is 10.2. The third-order valence-electron chi connectivity index (χ3n) is 4.01. The lowest BCUT2D eigenvalue weighted by Crippen LogP contribution is -2.25. The van der Waals surface area contributed by atoms with Gasteiger partial charge in [0.15, 0.2) is 17.2 Å². The van der Waals surface area contributed by atoms with Crippen LogP contribution in [0.15, 0.2) is 23.6 Å². The number of aromatic nitrogens is 1. The summed E-state index contributed by atoms with van der Waals surface area (Å²) in [4.78, 5) is 17.6. The molecule has 0 radical (unpaired) electrons. The normalized spacial score (nSPS) is 14.7. The highest BCUT2D eigenvalue weighted by atomic mass is 32.1. The van der Waals surface area contributed by atoms with Crippen LogP contribution in [0.5, 0.6) is 11.5 Å². The van der Waals surface area contributed by atoms with Gasteiger partial charge in [0.2, 0.25) is 0 Å². The molecule has 1 saturated heterocycles. The van der Waals surface area contributed by atoms with Gasteiger partial charge in [-0.1, -0.05) is 6.07 Å². The van der Waals surface area contributed by atoms with Gasteiger partial charge in [-0.05, 0) is 38.1 Å². The van der Waals surface area contributed by atoms with Crippen molar-refractivity contribution in [1.29, 1.82) is 0 Å². The average molecular weight is 348 g/mol. The van der Waals surface area contributed by atoms with Gasteiger partial charge in [-0.3, -0.25) is 4.90 Å². The molecule has 3 rings (SSSR count). The van der Waals surface area contributed by atoms with Crippen LogP contribution in [0, 0.1) is 0 Å². The molecule has 6 nitrogen and oxygen atoms in total. The van der Waals surface area contributed by atoms with Crippen LogP contribution in [0.25, 0.3) is 10.6 Å². The zero-order chi connectivity index (χ0) is 16.9. The quantitative estimate of drug-likeness (QED) is 0.829. The first kappa shape index (κ1) is 16.7. The summed E-state index contributed by atoms with van der Waals surface area (Å²) < 4.78 is 11.4. The Morgan fingerprint density at radius 2 is 2.17 bits per heavy atom. The fraction of sp³-hybridized carbons (Fsp3) is 0.412. The number of ether oxygens (including phenoxy) is 2. The van der Waals surface area contributed by atoms with Crippen molar-refractivity contribution >= 4 is 17.3 Å². The van der Waals surface area contributed by atoms with E-state index in [4.69, 9.17) is 14.6 Å². The minimum absolute atomic E-state index is 0.0424. The van der Waals surface area contributed by atoms with Gasteiger partial charge in [0.1, 0.15) is 11.6 Å². The van der Waals surface area contributed by atoms with Crippen molar-refractivity contribution < 1.29 is 19.4 Å². The second-order valence-corrected chi connectivity index (χ2v) is 6.44.